The second-order valence-corrected chi connectivity index (χ2v) is 1.49. The van der Waals surface area contributed by atoms with E-state index < -0.39 is 0 Å². The predicted octanol–water partition coefficient (Wildman–Crippen LogP) is -1.03. The van der Waals surface area contributed by atoms with Crippen molar-refractivity contribution in [2.75, 3.05) is 0 Å². The molecule has 0 fully saturated rings. The second kappa shape index (κ2) is 6.43. The van der Waals surface area contributed by atoms with Gasteiger partial charge in [-0.1, -0.05) is 30.3 Å². The van der Waals surface area contributed by atoms with Crippen molar-refractivity contribution in [2.45, 2.75) is 0 Å². The molecular formula is C7H15Ge2. The molecule has 9 heavy (non-hydrogen) atoms. The van der Waals surface area contributed by atoms with Gasteiger partial charge in [0.15, 0.2) is 0 Å². The predicted molar refractivity (Wildman–Crippen MR) is 53.6 cm³/mol. The molecule has 0 unspecified atom stereocenters. The van der Waals surface area contributed by atoms with Crippen molar-refractivity contribution in [2.24, 2.45) is 0 Å². The first kappa shape index (κ1) is 12.0. The molecule has 51 valence electrons. The van der Waals surface area contributed by atoms with Gasteiger partial charge in [0.25, 0.3) is 0 Å². The van der Waals surface area contributed by atoms with E-state index in [1.807, 2.05) is 30.3 Å². The van der Waals surface area contributed by atoms with Gasteiger partial charge in [0.05, 0.1) is 0 Å². The van der Waals surface area contributed by atoms with Crippen LogP contribution < -0.4 is 0 Å². The van der Waals surface area contributed by atoms with Crippen LogP contribution >= 0.6 is 0 Å². The Labute approximate surface area is 78.0 Å². The summed E-state index contributed by atoms with van der Waals surface area (Å²) in [4.78, 5) is 0. The molecule has 0 saturated heterocycles. The van der Waals surface area contributed by atoms with Crippen molar-refractivity contribution in [3.63, 3.8) is 0 Å². The van der Waals surface area contributed by atoms with Gasteiger partial charge in [0.2, 0.25) is 0 Å². The SMILES string of the molecule is [CH2]c1ccccc1.[GeH4].[GeH4]. The number of rotatable bonds is 0. The van der Waals surface area contributed by atoms with Crippen LogP contribution in [0.3, 0.4) is 0 Å². The summed E-state index contributed by atoms with van der Waals surface area (Å²) in [6.45, 7) is 3.72. The van der Waals surface area contributed by atoms with Gasteiger partial charge >= 0.3 is 35.2 Å². The van der Waals surface area contributed by atoms with E-state index >= 15 is 0 Å². The number of hydrogen-bond donors (Lipinski definition) is 0. The van der Waals surface area contributed by atoms with E-state index in [-0.39, 0.29) is 35.2 Å². The molecule has 1 radical (unpaired) electrons. The summed E-state index contributed by atoms with van der Waals surface area (Å²) in [6, 6.07) is 9.87. The van der Waals surface area contributed by atoms with E-state index in [1.165, 1.54) is 0 Å². The summed E-state index contributed by atoms with van der Waals surface area (Å²) < 4.78 is 0. The Bertz CT molecular complexity index is 137. The third-order valence-electron chi connectivity index (χ3n) is 0.843. The summed E-state index contributed by atoms with van der Waals surface area (Å²) in [5.74, 6) is 0. The van der Waals surface area contributed by atoms with Crippen molar-refractivity contribution < 1.29 is 0 Å². The van der Waals surface area contributed by atoms with Gasteiger partial charge in [-0.25, -0.2) is 0 Å². The molecule has 0 aliphatic carbocycles. The summed E-state index contributed by atoms with van der Waals surface area (Å²) in [5, 5.41) is 0. The van der Waals surface area contributed by atoms with Crippen molar-refractivity contribution in [1.29, 1.82) is 0 Å². The normalized spacial score (nSPS) is 6.78. The molecule has 0 bridgehead atoms. The third-order valence-corrected chi connectivity index (χ3v) is 0.843. The van der Waals surface area contributed by atoms with Crippen LogP contribution in [0.15, 0.2) is 30.3 Å². The summed E-state index contributed by atoms with van der Waals surface area (Å²) in [5.41, 5.74) is 1.07. The van der Waals surface area contributed by atoms with Gasteiger partial charge in [0.1, 0.15) is 0 Å². The van der Waals surface area contributed by atoms with Gasteiger partial charge in [-0.15, -0.1) is 0 Å². The first-order chi connectivity index (χ1) is 3.39. The summed E-state index contributed by atoms with van der Waals surface area (Å²) in [7, 11) is 0. The van der Waals surface area contributed by atoms with Crippen LogP contribution in [0.1, 0.15) is 5.56 Å². The Hall–Kier alpha value is 0.306. The van der Waals surface area contributed by atoms with Gasteiger partial charge < -0.3 is 0 Å². The molecule has 1 aromatic carbocycles. The van der Waals surface area contributed by atoms with Crippen molar-refractivity contribution in [3.05, 3.63) is 42.8 Å². The van der Waals surface area contributed by atoms with E-state index in [0.29, 0.717) is 0 Å². The van der Waals surface area contributed by atoms with Crippen LogP contribution in [-0.4, -0.2) is 35.2 Å². The van der Waals surface area contributed by atoms with E-state index in [0.717, 1.165) is 5.56 Å². The fourth-order valence-electron chi connectivity index (χ4n) is 0.478. The molecule has 0 aliphatic heterocycles. The molecule has 2 heteroatoms. The van der Waals surface area contributed by atoms with E-state index in [9.17, 15) is 0 Å². The monoisotopic (exact) mass is 247 g/mol. The molecule has 0 aliphatic rings. The Morgan fingerprint density at radius 2 is 1.33 bits per heavy atom. The first-order valence-corrected chi connectivity index (χ1v) is 2.26. The van der Waals surface area contributed by atoms with E-state index in [2.05, 4.69) is 6.92 Å². The van der Waals surface area contributed by atoms with Crippen LogP contribution in [-0.2, 0) is 0 Å². The molecular weight excluding hydrogens is 229 g/mol. The zero-order chi connectivity index (χ0) is 5.11. The molecule has 1 aromatic rings. The summed E-state index contributed by atoms with van der Waals surface area (Å²) >= 11 is 0. The standard InChI is InChI=1S/C7H7.2GeH4/c1-7-5-3-2-4-6-7;;/h2-6H,1H2;2*1H4. The molecule has 0 nitrogen and oxygen atoms in total. The van der Waals surface area contributed by atoms with Crippen LogP contribution in [0, 0.1) is 6.92 Å². The number of benzene rings is 1. The van der Waals surface area contributed by atoms with Crippen molar-refractivity contribution in [1.82, 2.24) is 0 Å². The zero-order valence-corrected chi connectivity index (χ0v) is 4.09. The van der Waals surface area contributed by atoms with E-state index in [1.54, 1.807) is 0 Å². The van der Waals surface area contributed by atoms with Gasteiger partial charge in [-0.05, 0) is 12.5 Å². The quantitative estimate of drug-likeness (QED) is 0.512. The van der Waals surface area contributed by atoms with Crippen LogP contribution in [0.4, 0.5) is 0 Å². The number of hydrogen-bond acceptors (Lipinski definition) is 0. The first-order valence-electron chi connectivity index (χ1n) is 2.26. The molecule has 0 amide bonds. The van der Waals surface area contributed by atoms with Crippen LogP contribution in [0.2, 0.25) is 0 Å². The maximum absolute atomic E-state index is 3.72. The average molecular weight is 244 g/mol. The fourth-order valence-corrected chi connectivity index (χ4v) is 0.478. The second-order valence-electron chi connectivity index (χ2n) is 1.49. The molecule has 0 spiro atoms. The molecule has 1 rings (SSSR count). The topological polar surface area (TPSA) is 0 Å². The van der Waals surface area contributed by atoms with Crippen LogP contribution in [0.5, 0.6) is 0 Å². The third kappa shape index (κ3) is 4.79. The molecule has 0 N–H and O–H groups in total. The molecule has 0 saturated carbocycles. The minimum absolute atomic E-state index is 0. The van der Waals surface area contributed by atoms with E-state index in [4.69, 9.17) is 0 Å². The molecule has 0 heterocycles. The Balaban J connectivity index is 0. The fraction of sp³-hybridized carbons (Fsp3) is 0. The average Bonchev–Trinajstić information content (AvgIpc) is 1.69. The molecule has 0 aromatic heterocycles. The van der Waals surface area contributed by atoms with Crippen LogP contribution in [0.25, 0.3) is 0 Å². The minimum atomic E-state index is 0. The van der Waals surface area contributed by atoms with Gasteiger partial charge in [-0.3, -0.25) is 0 Å². The Morgan fingerprint density at radius 3 is 1.56 bits per heavy atom. The van der Waals surface area contributed by atoms with Crippen molar-refractivity contribution in [3.8, 4) is 0 Å². The molecule has 0 atom stereocenters. The van der Waals surface area contributed by atoms with Gasteiger partial charge in [0, 0.05) is 0 Å². The summed E-state index contributed by atoms with van der Waals surface area (Å²) in [6.07, 6.45) is 0. The zero-order valence-electron chi connectivity index (χ0n) is 4.09. The van der Waals surface area contributed by atoms with Gasteiger partial charge in [-0.2, -0.15) is 0 Å². The Morgan fingerprint density at radius 1 is 0.889 bits per heavy atom. The maximum atomic E-state index is 3.72. The van der Waals surface area contributed by atoms with Crippen molar-refractivity contribution >= 4 is 35.2 Å². The Kier molecular flexibility index (Phi) is 8.59.